The van der Waals surface area contributed by atoms with Gasteiger partial charge in [0.25, 0.3) is 5.22 Å². The van der Waals surface area contributed by atoms with Crippen LogP contribution in [-0.4, -0.2) is 59.6 Å². The van der Waals surface area contributed by atoms with Gasteiger partial charge in [-0.05, 0) is 53.4 Å². The van der Waals surface area contributed by atoms with E-state index < -0.39 is 10.0 Å². The zero-order valence-corrected chi connectivity index (χ0v) is 20.1. The summed E-state index contributed by atoms with van der Waals surface area (Å²) in [4.78, 5) is 14.2. The molecule has 1 amide bonds. The van der Waals surface area contributed by atoms with Crippen molar-refractivity contribution in [2.75, 3.05) is 25.9 Å². The van der Waals surface area contributed by atoms with Gasteiger partial charge in [0.05, 0.1) is 10.6 Å². The van der Waals surface area contributed by atoms with Crippen LogP contribution in [0.25, 0.3) is 11.5 Å². The number of hydrogen-bond donors (Lipinski definition) is 0. The second-order valence-electron chi connectivity index (χ2n) is 7.54. The smallest absolute Gasteiger partial charge is 0.277 e. The summed E-state index contributed by atoms with van der Waals surface area (Å²) in [5.74, 6) is 0.351. The molecule has 1 aromatic carbocycles. The minimum atomic E-state index is -3.55. The topological polar surface area (TPSA) is 96.6 Å². The average molecular weight is 493 g/mol. The summed E-state index contributed by atoms with van der Waals surface area (Å²) >= 11 is 2.76. The Labute approximate surface area is 195 Å². The van der Waals surface area contributed by atoms with Crippen molar-refractivity contribution in [1.29, 1.82) is 0 Å². The minimum absolute atomic E-state index is 0.0458. The van der Waals surface area contributed by atoms with E-state index in [0.717, 1.165) is 36.6 Å². The number of piperidine rings is 1. The fourth-order valence-corrected chi connectivity index (χ4v) is 6.33. The Morgan fingerprint density at radius 3 is 2.78 bits per heavy atom. The minimum Gasteiger partial charge on any atom is -0.411 e. The van der Waals surface area contributed by atoms with Gasteiger partial charge in [0, 0.05) is 32.2 Å². The zero-order chi connectivity index (χ0) is 22.6. The maximum absolute atomic E-state index is 12.9. The maximum atomic E-state index is 12.9. The standard InChI is InChI=1S/C21H24N4O4S3/c1-24(13-16-8-11-30-14-16)19(26)15-31-21-23-22-20(29-21)17-6-5-7-18(12-17)32(27,28)25-9-3-2-4-10-25/h5-8,11-12,14H,2-4,9-10,13,15H2,1H3. The van der Waals surface area contributed by atoms with Crippen LogP contribution in [0.1, 0.15) is 24.8 Å². The molecule has 8 nitrogen and oxygen atoms in total. The van der Waals surface area contributed by atoms with Gasteiger partial charge >= 0.3 is 0 Å². The largest absolute Gasteiger partial charge is 0.411 e. The Kier molecular flexibility index (Phi) is 7.29. The lowest BCUT2D eigenvalue weighted by molar-refractivity contribution is -0.127. The summed E-state index contributed by atoms with van der Waals surface area (Å²) in [5.41, 5.74) is 1.62. The van der Waals surface area contributed by atoms with Crippen molar-refractivity contribution in [3.63, 3.8) is 0 Å². The fraction of sp³-hybridized carbons (Fsp3) is 0.381. The van der Waals surface area contributed by atoms with Gasteiger partial charge < -0.3 is 9.32 Å². The molecule has 3 aromatic rings. The lowest BCUT2D eigenvalue weighted by Crippen LogP contribution is -2.35. The highest BCUT2D eigenvalue weighted by Crippen LogP contribution is 2.27. The van der Waals surface area contributed by atoms with Gasteiger partial charge in [0.15, 0.2) is 0 Å². The maximum Gasteiger partial charge on any atom is 0.277 e. The first-order chi connectivity index (χ1) is 15.4. The highest BCUT2D eigenvalue weighted by atomic mass is 32.2. The zero-order valence-electron chi connectivity index (χ0n) is 17.6. The molecular formula is C21H24N4O4S3. The number of nitrogens with zero attached hydrogens (tertiary/aromatic N) is 4. The second kappa shape index (κ2) is 10.2. The number of thioether (sulfide) groups is 1. The first-order valence-electron chi connectivity index (χ1n) is 10.3. The van der Waals surface area contributed by atoms with E-state index in [4.69, 9.17) is 4.42 Å². The highest BCUT2D eigenvalue weighted by Gasteiger charge is 2.26. The molecule has 2 aromatic heterocycles. The van der Waals surface area contributed by atoms with E-state index in [9.17, 15) is 13.2 Å². The third-order valence-electron chi connectivity index (χ3n) is 5.18. The quantitative estimate of drug-likeness (QED) is 0.442. The number of thiophene rings is 1. The molecule has 170 valence electrons. The van der Waals surface area contributed by atoms with Crippen LogP contribution in [0.15, 0.2) is 55.6 Å². The van der Waals surface area contributed by atoms with Crippen LogP contribution in [0.3, 0.4) is 0 Å². The number of carbonyl (C=O) groups is 1. The third kappa shape index (κ3) is 5.40. The van der Waals surface area contributed by atoms with E-state index in [1.54, 1.807) is 47.5 Å². The molecule has 0 atom stereocenters. The van der Waals surface area contributed by atoms with E-state index in [1.807, 2.05) is 16.8 Å². The molecule has 0 unspecified atom stereocenters. The molecule has 0 N–H and O–H groups in total. The van der Waals surface area contributed by atoms with Crippen LogP contribution < -0.4 is 0 Å². The molecule has 1 fully saturated rings. The number of aromatic nitrogens is 2. The average Bonchev–Trinajstić information content (AvgIpc) is 3.50. The van der Waals surface area contributed by atoms with Crippen LogP contribution in [0.4, 0.5) is 0 Å². The summed E-state index contributed by atoms with van der Waals surface area (Å²) in [5, 5.41) is 12.3. The van der Waals surface area contributed by atoms with Gasteiger partial charge in [-0.3, -0.25) is 4.79 Å². The molecule has 0 bridgehead atoms. The number of benzene rings is 1. The SMILES string of the molecule is CN(Cc1ccsc1)C(=O)CSc1nnc(-c2cccc(S(=O)(=O)N3CCCCC3)c2)o1. The van der Waals surface area contributed by atoms with Crippen molar-refractivity contribution in [1.82, 2.24) is 19.4 Å². The van der Waals surface area contributed by atoms with Crippen LogP contribution in [0.5, 0.6) is 0 Å². The van der Waals surface area contributed by atoms with Gasteiger partial charge in [-0.1, -0.05) is 24.2 Å². The first-order valence-corrected chi connectivity index (χ1v) is 13.6. The molecule has 3 heterocycles. The number of sulfonamides is 1. The van der Waals surface area contributed by atoms with Crippen molar-refractivity contribution in [2.24, 2.45) is 0 Å². The number of hydrogen-bond acceptors (Lipinski definition) is 8. The Balaban J connectivity index is 1.40. The van der Waals surface area contributed by atoms with Crippen LogP contribution in [-0.2, 0) is 21.4 Å². The molecule has 1 aliphatic rings. The molecule has 0 saturated carbocycles. The molecular weight excluding hydrogens is 468 g/mol. The first kappa shape index (κ1) is 23.0. The fourth-order valence-electron chi connectivity index (χ4n) is 3.41. The van der Waals surface area contributed by atoms with Gasteiger partial charge in [0.1, 0.15) is 0 Å². The highest BCUT2D eigenvalue weighted by molar-refractivity contribution is 7.99. The predicted molar refractivity (Wildman–Crippen MR) is 124 cm³/mol. The monoisotopic (exact) mass is 492 g/mol. The summed E-state index contributed by atoms with van der Waals surface area (Å²) in [6, 6.07) is 8.54. The van der Waals surface area contributed by atoms with Crippen LogP contribution >= 0.6 is 23.1 Å². The second-order valence-corrected chi connectivity index (χ2v) is 11.2. The Hall–Kier alpha value is -2.21. The molecule has 0 radical (unpaired) electrons. The summed E-state index contributed by atoms with van der Waals surface area (Å²) in [6.45, 7) is 1.64. The van der Waals surface area contributed by atoms with Crippen molar-refractivity contribution < 1.29 is 17.6 Å². The predicted octanol–water partition coefficient (Wildman–Crippen LogP) is 3.72. The van der Waals surface area contributed by atoms with E-state index in [0.29, 0.717) is 25.2 Å². The Morgan fingerprint density at radius 1 is 1.22 bits per heavy atom. The lowest BCUT2D eigenvalue weighted by atomic mass is 10.2. The van der Waals surface area contributed by atoms with Crippen LogP contribution in [0.2, 0.25) is 0 Å². The number of carbonyl (C=O) groups excluding carboxylic acids is 1. The normalized spacial score (nSPS) is 15.0. The van der Waals surface area contributed by atoms with E-state index in [2.05, 4.69) is 10.2 Å². The molecule has 0 spiro atoms. The van der Waals surface area contributed by atoms with Gasteiger partial charge in [0.2, 0.25) is 21.8 Å². The molecule has 1 saturated heterocycles. The summed E-state index contributed by atoms with van der Waals surface area (Å²) in [7, 11) is -1.79. The van der Waals surface area contributed by atoms with Gasteiger partial charge in [-0.25, -0.2) is 8.42 Å². The van der Waals surface area contributed by atoms with Crippen molar-refractivity contribution in [3.8, 4) is 11.5 Å². The van der Waals surface area contributed by atoms with Crippen LogP contribution in [0, 0.1) is 0 Å². The number of rotatable bonds is 8. The van der Waals surface area contributed by atoms with E-state index in [-0.39, 0.29) is 27.7 Å². The molecule has 1 aliphatic heterocycles. The lowest BCUT2D eigenvalue weighted by Gasteiger charge is -2.25. The summed E-state index contributed by atoms with van der Waals surface area (Å²) < 4.78 is 33.1. The van der Waals surface area contributed by atoms with Crippen molar-refractivity contribution in [2.45, 2.75) is 35.9 Å². The van der Waals surface area contributed by atoms with E-state index >= 15 is 0 Å². The summed E-state index contributed by atoms with van der Waals surface area (Å²) in [6.07, 6.45) is 2.81. The molecule has 11 heteroatoms. The molecule has 0 aliphatic carbocycles. The van der Waals surface area contributed by atoms with E-state index in [1.165, 1.54) is 4.31 Å². The number of amides is 1. The Morgan fingerprint density at radius 2 is 2.03 bits per heavy atom. The molecule has 4 rings (SSSR count). The Bertz CT molecular complexity index is 1160. The van der Waals surface area contributed by atoms with Crippen molar-refractivity contribution >= 4 is 39.0 Å². The van der Waals surface area contributed by atoms with Crippen molar-refractivity contribution in [3.05, 3.63) is 46.7 Å². The third-order valence-corrected chi connectivity index (χ3v) is 8.61. The van der Waals surface area contributed by atoms with Gasteiger partial charge in [-0.2, -0.15) is 15.6 Å². The van der Waals surface area contributed by atoms with Gasteiger partial charge in [-0.15, -0.1) is 10.2 Å². The molecule has 32 heavy (non-hydrogen) atoms.